The van der Waals surface area contributed by atoms with Gasteiger partial charge in [0, 0.05) is 41.5 Å². The third-order valence-corrected chi connectivity index (χ3v) is 6.80. The molecule has 2 aliphatic rings. The van der Waals surface area contributed by atoms with Crippen molar-refractivity contribution in [3.05, 3.63) is 83.6 Å². The molecule has 2 heterocycles. The first kappa shape index (κ1) is 18.9. The van der Waals surface area contributed by atoms with Crippen LogP contribution in [0.15, 0.2) is 72.5 Å². The molecule has 28 heavy (non-hydrogen) atoms. The van der Waals surface area contributed by atoms with E-state index in [1.54, 1.807) is 0 Å². The van der Waals surface area contributed by atoms with E-state index in [9.17, 15) is 0 Å². The molecule has 2 aliphatic heterocycles. The second-order valence-corrected chi connectivity index (χ2v) is 9.12. The first-order valence-corrected chi connectivity index (χ1v) is 10.4. The number of benzene rings is 2. The first-order valence-electron chi connectivity index (χ1n) is 10.4. The Morgan fingerprint density at radius 3 is 2.14 bits per heavy atom. The quantitative estimate of drug-likeness (QED) is 0.648. The van der Waals surface area contributed by atoms with Gasteiger partial charge in [-0.25, -0.2) is 0 Å². The van der Waals surface area contributed by atoms with Gasteiger partial charge in [-0.15, -0.1) is 0 Å². The molecule has 0 N–H and O–H groups in total. The van der Waals surface area contributed by atoms with Crippen molar-refractivity contribution in [1.82, 2.24) is 0 Å². The van der Waals surface area contributed by atoms with Gasteiger partial charge in [-0.1, -0.05) is 76.2 Å². The number of para-hydroxylation sites is 2. The van der Waals surface area contributed by atoms with Crippen molar-refractivity contribution in [3.63, 3.8) is 0 Å². The van der Waals surface area contributed by atoms with E-state index >= 15 is 0 Å². The number of nitrogens with zero attached hydrogens (tertiary/aromatic N) is 2. The summed E-state index contributed by atoms with van der Waals surface area (Å²) in [4.78, 5) is 4.87. The Balaban J connectivity index is 1.67. The molecule has 2 nitrogen and oxygen atoms in total. The van der Waals surface area contributed by atoms with E-state index in [2.05, 4.69) is 118 Å². The van der Waals surface area contributed by atoms with Gasteiger partial charge >= 0.3 is 0 Å². The Morgan fingerprint density at radius 1 is 0.893 bits per heavy atom. The second kappa shape index (κ2) is 6.55. The summed E-state index contributed by atoms with van der Waals surface area (Å²) in [6.07, 6.45) is 6.98. The molecule has 0 bridgehead atoms. The minimum Gasteiger partial charge on any atom is -0.367 e. The van der Waals surface area contributed by atoms with Gasteiger partial charge in [0.05, 0.1) is 6.04 Å². The minimum absolute atomic E-state index is 0.0248. The van der Waals surface area contributed by atoms with Crippen LogP contribution in [0, 0.1) is 0 Å². The molecule has 0 saturated heterocycles. The summed E-state index contributed by atoms with van der Waals surface area (Å²) in [6.45, 7) is 12.6. The van der Waals surface area contributed by atoms with Gasteiger partial charge in [0.15, 0.2) is 0 Å². The van der Waals surface area contributed by atoms with Crippen molar-refractivity contribution in [2.45, 2.75) is 51.5 Å². The van der Waals surface area contributed by atoms with Crippen LogP contribution in [0.1, 0.15) is 45.7 Å². The van der Waals surface area contributed by atoms with Crippen LogP contribution >= 0.6 is 0 Å². The molecule has 0 amide bonds. The lowest BCUT2D eigenvalue weighted by molar-refractivity contribution is 0.488. The van der Waals surface area contributed by atoms with Crippen LogP contribution in [0.4, 0.5) is 11.4 Å². The molecule has 0 saturated carbocycles. The Hall–Kier alpha value is -2.48. The van der Waals surface area contributed by atoms with Gasteiger partial charge < -0.3 is 9.80 Å². The molecule has 0 aliphatic carbocycles. The van der Waals surface area contributed by atoms with Crippen molar-refractivity contribution < 1.29 is 0 Å². The minimum atomic E-state index is 0.0248. The fourth-order valence-electron chi connectivity index (χ4n) is 5.22. The Morgan fingerprint density at radius 2 is 1.50 bits per heavy atom. The van der Waals surface area contributed by atoms with Gasteiger partial charge in [-0.05, 0) is 36.3 Å². The molecule has 1 unspecified atom stereocenters. The van der Waals surface area contributed by atoms with Crippen LogP contribution in [-0.4, -0.2) is 19.6 Å². The van der Waals surface area contributed by atoms with Crippen LogP contribution in [0.2, 0.25) is 0 Å². The fourth-order valence-corrected chi connectivity index (χ4v) is 5.22. The average Bonchev–Trinajstić information content (AvgIpc) is 3.02. The van der Waals surface area contributed by atoms with Crippen LogP contribution in [0.25, 0.3) is 0 Å². The largest absolute Gasteiger partial charge is 0.367 e. The maximum absolute atomic E-state index is 2.46. The molecule has 2 aromatic rings. The summed E-state index contributed by atoms with van der Waals surface area (Å²) < 4.78 is 0. The van der Waals surface area contributed by atoms with Crippen molar-refractivity contribution in [3.8, 4) is 0 Å². The van der Waals surface area contributed by atoms with Gasteiger partial charge in [0.2, 0.25) is 0 Å². The predicted octanol–water partition coefficient (Wildman–Crippen LogP) is 6.04. The summed E-state index contributed by atoms with van der Waals surface area (Å²) >= 11 is 0. The monoisotopic (exact) mass is 372 g/mol. The smallest absolute Gasteiger partial charge is 0.0565 e. The molecule has 1 atom stereocenters. The number of fused-ring (bicyclic) bond motifs is 2. The zero-order chi connectivity index (χ0) is 20.1. The summed E-state index contributed by atoms with van der Waals surface area (Å²) in [5, 5.41) is 0. The number of allylic oxidation sites excluding steroid dienone is 3. The molecule has 146 valence electrons. The third kappa shape index (κ3) is 2.62. The van der Waals surface area contributed by atoms with Crippen LogP contribution in [0.3, 0.4) is 0 Å². The van der Waals surface area contributed by atoms with Gasteiger partial charge in [-0.3, -0.25) is 0 Å². The van der Waals surface area contributed by atoms with E-state index in [0.717, 1.165) is 6.54 Å². The zero-order valence-electron chi connectivity index (χ0n) is 18.0. The van der Waals surface area contributed by atoms with E-state index in [1.807, 2.05) is 0 Å². The molecule has 0 spiro atoms. The molecular weight excluding hydrogens is 340 g/mol. The third-order valence-electron chi connectivity index (χ3n) is 6.80. The normalized spacial score (nSPS) is 23.5. The molecule has 2 heteroatoms. The number of likely N-dealkylation sites (N-methyl/N-ethyl adjacent to an activating group) is 2. The number of anilines is 2. The lowest BCUT2D eigenvalue weighted by atomic mass is 9.80. The van der Waals surface area contributed by atoms with Crippen molar-refractivity contribution >= 4 is 11.4 Å². The Labute approximate surface area is 170 Å². The maximum Gasteiger partial charge on any atom is 0.0565 e. The van der Waals surface area contributed by atoms with Gasteiger partial charge in [-0.2, -0.15) is 0 Å². The number of hydrogen-bond donors (Lipinski definition) is 0. The van der Waals surface area contributed by atoms with E-state index in [4.69, 9.17) is 0 Å². The molecule has 0 fully saturated rings. The SMILES string of the molecule is CCN1C(=CC=CC2N(C)c3ccccc3C2(C)C)C(C)(C)c2ccccc21. The van der Waals surface area contributed by atoms with Crippen molar-refractivity contribution in [2.75, 3.05) is 23.4 Å². The number of hydrogen-bond acceptors (Lipinski definition) is 2. The van der Waals surface area contributed by atoms with Crippen molar-refractivity contribution in [1.29, 1.82) is 0 Å². The summed E-state index contributed by atoms with van der Waals surface area (Å²) in [5.74, 6) is 0. The fraction of sp³-hybridized carbons (Fsp3) is 0.385. The Bertz CT molecular complexity index is 948. The van der Waals surface area contributed by atoms with E-state index in [-0.39, 0.29) is 10.8 Å². The first-order chi connectivity index (χ1) is 13.3. The predicted molar refractivity (Wildman–Crippen MR) is 121 cm³/mol. The highest BCUT2D eigenvalue weighted by Crippen LogP contribution is 2.48. The second-order valence-electron chi connectivity index (χ2n) is 9.12. The number of rotatable bonds is 3. The average molecular weight is 373 g/mol. The molecular formula is C26H32N2. The van der Waals surface area contributed by atoms with Crippen LogP contribution in [-0.2, 0) is 10.8 Å². The lowest BCUT2D eigenvalue weighted by Gasteiger charge is -2.30. The summed E-state index contributed by atoms with van der Waals surface area (Å²) in [6, 6.07) is 18.0. The maximum atomic E-state index is 2.46. The lowest BCUT2D eigenvalue weighted by Crippen LogP contribution is -2.37. The van der Waals surface area contributed by atoms with Crippen LogP contribution in [0.5, 0.6) is 0 Å². The van der Waals surface area contributed by atoms with E-state index < -0.39 is 0 Å². The topological polar surface area (TPSA) is 6.48 Å². The van der Waals surface area contributed by atoms with Crippen molar-refractivity contribution in [2.24, 2.45) is 0 Å². The van der Waals surface area contributed by atoms with Crippen LogP contribution < -0.4 is 9.80 Å². The summed E-state index contributed by atoms with van der Waals surface area (Å²) in [7, 11) is 2.21. The highest BCUT2D eigenvalue weighted by atomic mass is 15.2. The zero-order valence-corrected chi connectivity index (χ0v) is 18.0. The summed E-state index contributed by atoms with van der Waals surface area (Å²) in [5.41, 5.74) is 7.05. The van der Waals surface area contributed by atoms with Gasteiger partial charge in [0.1, 0.15) is 0 Å². The highest BCUT2D eigenvalue weighted by molar-refractivity contribution is 5.71. The molecule has 0 aromatic heterocycles. The standard InChI is InChI=1S/C26H32N2/c1-7-28-22-16-11-9-14-20(22)26(4,5)24(28)18-12-17-23-25(2,3)19-13-8-10-15-21(19)27(23)6/h8-18,23H,7H2,1-6H3. The highest BCUT2D eigenvalue weighted by Gasteiger charge is 2.41. The molecule has 4 rings (SSSR count). The molecule has 0 radical (unpaired) electrons. The Kier molecular flexibility index (Phi) is 4.41. The van der Waals surface area contributed by atoms with E-state index in [0.29, 0.717) is 6.04 Å². The van der Waals surface area contributed by atoms with E-state index in [1.165, 1.54) is 28.2 Å². The molecule has 2 aromatic carbocycles. The van der Waals surface area contributed by atoms with Gasteiger partial charge in [0.25, 0.3) is 0 Å².